The van der Waals surface area contributed by atoms with Crippen molar-refractivity contribution < 1.29 is 14.5 Å². The first kappa shape index (κ1) is 11.7. The minimum Gasteiger partial charge on any atom is -0.480 e. The summed E-state index contributed by atoms with van der Waals surface area (Å²) in [4.78, 5) is 10.4. The first-order valence-electron chi connectivity index (χ1n) is 4.04. The molecule has 0 radical (unpaired) electrons. The van der Waals surface area contributed by atoms with Crippen molar-refractivity contribution >= 4 is 13.3 Å². The Morgan fingerprint density at radius 1 is 1.50 bits per heavy atom. The SMILES string of the molecule is CCP(=O)(CC)NC(C)C(=O)O. The maximum absolute atomic E-state index is 11.7. The Bertz CT molecular complexity index is 197. The molecule has 5 heteroatoms. The second kappa shape index (κ2) is 4.63. The average Bonchev–Trinajstić information content (AvgIpc) is 2.04. The van der Waals surface area contributed by atoms with Gasteiger partial charge < -0.3 is 9.67 Å². The molecule has 0 aliphatic rings. The quantitative estimate of drug-likeness (QED) is 0.647. The summed E-state index contributed by atoms with van der Waals surface area (Å²) in [5, 5.41) is 11.2. The molecule has 0 amide bonds. The number of carboxylic acid groups (broad SMARTS) is 1. The van der Waals surface area contributed by atoms with Gasteiger partial charge in [-0.3, -0.25) is 9.88 Å². The maximum Gasteiger partial charge on any atom is 0.320 e. The molecule has 0 fully saturated rings. The van der Waals surface area contributed by atoms with E-state index in [1.807, 2.05) is 0 Å². The van der Waals surface area contributed by atoms with Crippen LogP contribution in [0, 0.1) is 0 Å². The highest BCUT2D eigenvalue weighted by molar-refractivity contribution is 7.61. The maximum atomic E-state index is 11.7. The van der Waals surface area contributed by atoms with E-state index in [2.05, 4.69) is 5.09 Å². The zero-order chi connectivity index (χ0) is 9.78. The van der Waals surface area contributed by atoms with E-state index in [0.717, 1.165) is 0 Å². The molecular weight excluding hydrogens is 177 g/mol. The molecule has 0 bridgehead atoms. The molecule has 72 valence electrons. The minimum absolute atomic E-state index is 0.501. The van der Waals surface area contributed by atoms with Crippen LogP contribution in [0.15, 0.2) is 0 Å². The van der Waals surface area contributed by atoms with Gasteiger partial charge in [0.05, 0.1) is 0 Å². The Morgan fingerprint density at radius 3 is 2.17 bits per heavy atom. The fourth-order valence-corrected chi connectivity index (χ4v) is 2.44. The van der Waals surface area contributed by atoms with Crippen molar-refractivity contribution in [3.63, 3.8) is 0 Å². The molecule has 0 aromatic heterocycles. The van der Waals surface area contributed by atoms with Crippen molar-refractivity contribution in [2.24, 2.45) is 0 Å². The highest BCUT2D eigenvalue weighted by Gasteiger charge is 2.22. The van der Waals surface area contributed by atoms with Gasteiger partial charge in [-0.25, -0.2) is 0 Å². The third kappa shape index (κ3) is 3.37. The number of rotatable bonds is 5. The Labute approximate surface area is 72.8 Å². The van der Waals surface area contributed by atoms with E-state index in [4.69, 9.17) is 5.11 Å². The third-order valence-electron chi connectivity index (χ3n) is 1.82. The van der Waals surface area contributed by atoms with Crippen LogP contribution in [0.3, 0.4) is 0 Å². The molecule has 0 spiro atoms. The van der Waals surface area contributed by atoms with Crippen molar-refractivity contribution in [2.75, 3.05) is 12.3 Å². The Kier molecular flexibility index (Phi) is 4.50. The summed E-state index contributed by atoms with van der Waals surface area (Å²) in [6.07, 6.45) is 1.00. The number of nitrogens with one attached hydrogen (secondary N) is 1. The summed E-state index contributed by atoms with van der Waals surface area (Å²) >= 11 is 0. The predicted octanol–water partition coefficient (Wildman–Crippen LogP) is 1.37. The van der Waals surface area contributed by atoms with Crippen molar-refractivity contribution in [3.8, 4) is 0 Å². The molecule has 0 rings (SSSR count). The molecule has 2 N–H and O–H groups in total. The number of carboxylic acids is 1. The minimum atomic E-state index is -2.42. The van der Waals surface area contributed by atoms with Gasteiger partial charge in [0, 0.05) is 12.3 Å². The Hall–Kier alpha value is -0.340. The normalized spacial score (nSPS) is 14.2. The molecule has 0 aromatic carbocycles. The highest BCUT2D eigenvalue weighted by atomic mass is 31.2. The van der Waals surface area contributed by atoms with Gasteiger partial charge in [0.25, 0.3) is 0 Å². The summed E-state index contributed by atoms with van der Waals surface area (Å²) < 4.78 is 11.7. The van der Waals surface area contributed by atoms with E-state index < -0.39 is 19.3 Å². The lowest BCUT2D eigenvalue weighted by atomic mass is 10.4. The van der Waals surface area contributed by atoms with E-state index in [9.17, 15) is 9.36 Å². The van der Waals surface area contributed by atoms with Gasteiger partial charge in [-0.05, 0) is 6.92 Å². The van der Waals surface area contributed by atoms with E-state index in [0.29, 0.717) is 12.3 Å². The lowest BCUT2D eigenvalue weighted by Gasteiger charge is -2.18. The second-order valence-corrected chi connectivity index (χ2v) is 6.01. The number of carbonyl (C=O) groups is 1. The van der Waals surface area contributed by atoms with E-state index in [-0.39, 0.29) is 0 Å². The van der Waals surface area contributed by atoms with Crippen LogP contribution in [0.4, 0.5) is 0 Å². The topological polar surface area (TPSA) is 66.4 Å². The van der Waals surface area contributed by atoms with Crippen LogP contribution >= 0.6 is 7.29 Å². The van der Waals surface area contributed by atoms with Crippen LogP contribution in [-0.4, -0.2) is 29.4 Å². The van der Waals surface area contributed by atoms with Crippen molar-refractivity contribution in [1.82, 2.24) is 5.09 Å². The molecule has 1 unspecified atom stereocenters. The molecule has 0 aliphatic heterocycles. The Balaban J connectivity index is 4.22. The summed E-state index contributed by atoms with van der Waals surface area (Å²) in [5.74, 6) is -0.961. The molecule has 4 nitrogen and oxygen atoms in total. The lowest BCUT2D eigenvalue weighted by Crippen LogP contribution is -2.32. The molecule has 1 atom stereocenters. The zero-order valence-electron chi connectivity index (χ0n) is 7.70. The monoisotopic (exact) mass is 193 g/mol. The Morgan fingerprint density at radius 2 is 1.92 bits per heavy atom. The van der Waals surface area contributed by atoms with Crippen LogP contribution < -0.4 is 5.09 Å². The van der Waals surface area contributed by atoms with Crippen LogP contribution in [0.1, 0.15) is 20.8 Å². The van der Waals surface area contributed by atoms with E-state index in [1.54, 1.807) is 13.8 Å². The van der Waals surface area contributed by atoms with Gasteiger partial charge >= 0.3 is 5.97 Å². The van der Waals surface area contributed by atoms with Crippen LogP contribution in [0.5, 0.6) is 0 Å². The molecule has 0 aromatic rings. The second-order valence-electron chi connectivity index (χ2n) is 2.71. The van der Waals surface area contributed by atoms with Crippen molar-refractivity contribution in [3.05, 3.63) is 0 Å². The summed E-state index contributed by atoms with van der Waals surface area (Å²) in [6, 6.07) is -0.726. The van der Waals surface area contributed by atoms with Gasteiger partial charge in [-0.1, -0.05) is 13.8 Å². The standard InChI is InChI=1S/C7H16NO3P/c1-4-12(11,5-2)8-6(3)7(9)10/h6H,4-5H2,1-3H3,(H,8,11)(H,9,10). The van der Waals surface area contributed by atoms with Crippen LogP contribution in [-0.2, 0) is 9.36 Å². The summed E-state index contributed by atoms with van der Waals surface area (Å²) in [5.41, 5.74) is 0. The number of hydrogen-bond donors (Lipinski definition) is 2. The van der Waals surface area contributed by atoms with Gasteiger partial charge in [0.1, 0.15) is 13.3 Å². The van der Waals surface area contributed by atoms with Crippen LogP contribution in [0.2, 0.25) is 0 Å². The molecule has 0 aliphatic carbocycles. The molecular formula is C7H16NO3P. The molecule has 0 heterocycles. The number of hydrogen-bond acceptors (Lipinski definition) is 2. The fraction of sp³-hybridized carbons (Fsp3) is 0.857. The van der Waals surface area contributed by atoms with E-state index >= 15 is 0 Å². The summed E-state index contributed by atoms with van der Waals surface area (Å²) in [6.45, 7) is 5.10. The van der Waals surface area contributed by atoms with Gasteiger partial charge in [-0.15, -0.1) is 0 Å². The predicted molar refractivity (Wildman–Crippen MR) is 48.9 cm³/mol. The average molecular weight is 193 g/mol. The summed E-state index contributed by atoms with van der Waals surface area (Å²) in [7, 11) is -2.42. The van der Waals surface area contributed by atoms with Crippen LogP contribution in [0.25, 0.3) is 0 Å². The molecule has 12 heavy (non-hydrogen) atoms. The van der Waals surface area contributed by atoms with Crippen molar-refractivity contribution in [2.45, 2.75) is 26.8 Å². The lowest BCUT2D eigenvalue weighted by molar-refractivity contribution is -0.138. The van der Waals surface area contributed by atoms with Gasteiger partial charge in [-0.2, -0.15) is 0 Å². The van der Waals surface area contributed by atoms with Crippen molar-refractivity contribution in [1.29, 1.82) is 0 Å². The molecule has 0 saturated carbocycles. The highest BCUT2D eigenvalue weighted by Crippen LogP contribution is 2.39. The van der Waals surface area contributed by atoms with Gasteiger partial charge in [0.2, 0.25) is 0 Å². The first-order valence-corrected chi connectivity index (χ1v) is 6.11. The largest absolute Gasteiger partial charge is 0.480 e. The van der Waals surface area contributed by atoms with Gasteiger partial charge in [0.15, 0.2) is 0 Å². The smallest absolute Gasteiger partial charge is 0.320 e. The molecule has 0 saturated heterocycles. The fourth-order valence-electron chi connectivity index (χ4n) is 0.814. The zero-order valence-corrected chi connectivity index (χ0v) is 8.60. The third-order valence-corrected chi connectivity index (χ3v) is 4.72. The number of aliphatic carboxylic acids is 1. The van der Waals surface area contributed by atoms with E-state index in [1.165, 1.54) is 6.92 Å². The first-order chi connectivity index (χ1) is 5.45.